The number of aliphatic hydroxyl groups is 1. The Hall–Kier alpha value is -2.32. The van der Waals surface area contributed by atoms with Crippen LogP contribution in [0.25, 0.3) is 0 Å². The van der Waals surface area contributed by atoms with Crippen molar-refractivity contribution < 1.29 is 9.52 Å². The molecule has 1 aliphatic rings. The Morgan fingerprint density at radius 2 is 2.29 bits per heavy atom. The van der Waals surface area contributed by atoms with Crippen molar-refractivity contribution in [2.45, 2.75) is 31.8 Å². The Morgan fingerprint density at radius 1 is 1.43 bits per heavy atom. The van der Waals surface area contributed by atoms with Crippen molar-refractivity contribution >= 4 is 5.82 Å². The molecule has 0 radical (unpaired) electrons. The van der Waals surface area contributed by atoms with Gasteiger partial charge in [0.1, 0.15) is 23.8 Å². The van der Waals surface area contributed by atoms with Crippen molar-refractivity contribution in [2.75, 3.05) is 11.9 Å². The van der Waals surface area contributed by atoms with E-state index in [1.165, 1.54) is 11.8 Å². The number of nitrogens with one attached hydrogen (secondary N) is 1. The number of aryl methyl sites for hydroxylation is 2. The first-order chi connectivity index (χ1) is 10.3. The molecule has 1 atom stereocenters. The number of anilines is 1. The molecule has 0 saturated heterocycles. The molecule has 2 aromatic heterocycles. The summed E-state index contributed by atoms with van der Waals surface area (Å²) in [5.74, 6) is 1.04. The Kier molecular flexibility index (Phi) is 3.89. The first-order valence-corrected chi connectivity index (χ1v) is 7.16. The van der Waals surface area contributed by atoms with Crippen molar-refractivity contribution in [3.63, 3.8) is 0 Å². The highest BCUT2D eigenvalue weighted by atomic mass is 16.4. The minimum absolute atomic E-state index is 0.258. The fourth-order valence-corrected chi connectivity index (χ4v) is 2.63. The number of hydrogen-bond acceptors (Lipinski definition) is 5. The zero-order valence-electron chi connectivity index (χ0n) is 11.7. The lowest BCUT2D eigenvalue weighted by atomic mass is 9.95. The van der Waals surface area contributed by atoms with E-state index in [1.807, 2.05) is 6.07 Å². The van der Waals surface area contributed by atoms with E-state index in [1.54, 1.807) is 12.1 Å². The van der Waals surface area contributed by atoms with E-state index in [0.717, 1.165) is 31.4 Å². The highest BCUT2D eigenvalue weighted by molar-refractivity contribution is 5.54. The van der Waals surface area contributed by atoms with Crippen LogP contribution in [-0.4, -0.2) is 16.6 Å². The molecular formula is C16H17N3O2. The van der Waals surface area contributed by atoms with Crippen LogP contribution in [0, 0.1) is 11.3 Å². The van der Waals surface area contributed by atoms with Gasteiger partial charge in [-0.2, -0.15) is 5.26 Å². The quantitative estimate of drug-likeness (QED) is 0.901. The molecular weight excluding hydrogens is 266 g/mol. The number of aromatic nitrogens is 1. The number of fused-ring (bicyclic) bond motifs is 1. The van der Waals surface area contributed by atoms with E-state index >= 15 is 0 Å². The summed E-state index contributed by atoms with van der Waals surface area (Å²) in [5, 5.41) is 22.3. The maximum Gasteiger partial charge on any atom is 0.144 e. The van der Waals surface area contributed by atoms with Crippen molar-refractivity contribution in [1.82, 2.24) is 4.98 Å². The molecule has 0 saturated carbocycles. The fourth-order valence-electron chi connectivity index (χ4n) is 2.63. The van der Waals surface area contributed by atoms with Crippen LogP contribution in [0.15, 0.2) is 28.9 Å². The molecule has 2 N–H and O–H groups in total. The Morgan fingerprint density at radius 3 is 3.05 bits per heavy atom. The third-order valence-electron chi connectivity index (χ3n) is 3.76. The van der Waals surface area contributed by atoms with Crippen LogP contribution in [0.2, 0.25) is 0 Å². The van der Waals surface area contributed by atoms with Crippen LogP contribution >= 0.6 is 0 Å². The third-order valence-corrected chi connectivity index (χ3v) is 3.76. The summed E-state index contributed by atoms with van der Waals surface area (Å²) in [4.78, 5) is 4.56. The lowest BCUT2D eigenvalue weighted by Gasteiger charge is -2.18. The number of aliphatic hydroxyl groups excluding tert-OH is 1. The predicted molar refractivity (Wildman–Crippen MR) is 77.8 cm³/mol. The molecule has 2 aromatic rings. The average molecular weight is 283 g/mol. The third kappa shape index (κ3) is 2.91. The summed E-state index contributed by atoms with van der Waals surface area (Å²) in [6.45, 7) is 0.258. The normalized spacial score (nSPS) is 15.0. The standard InChI is InChI=1S/C16H17N3O2/c17-9-12-8-11-4-1-2-5-13(11)19-16(12)18-10-14(20)15-6-3-7-21-15/h3,6-8,14,20H,1-2,4-5,10H2,(H,18,19)/t14-/m1/s1. The number of rotatable bonds is 4. The minimum atomic E-state index is -0.760. The summed E-state index contributed by atoms with van der Waals surface area (Å²) in [6, 6.07) is 7.55. The summed E-state index contributed by atoms with van der Waals surface area (Å²) < 4.78 is 5.16. The van der Waals surface area contributed by atoms with Gasteiger partial charge in [-0.1, -0.05) is 0 Å². The van der Waals surface area contributed by atoms with Crippen LogP contribution in [0.4, 0.5) is 5.82 Å². The van der Waals surface area contributed by atoms with Crippen molar-refractivity contribution in [2.24, 2.45) is 0 Å². The number of furan rings is 1. The van der Waals surface area contributed by atoms with E-state index in [-0.39, 0.29) is 6.54 Å². The van der Waals surface area contributed by atoms with Gasteiger partial charge in [0.05, 0.1) is 11.8 Å². The second kappa shape index (κ2) is 5.98. The first-order valence-electron chi connectivity index (χ1n) is 7.16. The maximum atomic E-state index is 10.0. The zero-order chi connectivity index (χ0) is 14.7. The molecule has 5 nitrogen and oxygen atoms in total. The molecule has 1 aliphatic carbocycles. The molecule has 0 unspecified atom stereocenters. The smallest absolute Gasteiger partial charge is 0.144 e. The maximum absolute atomic E-state index is 10.0. The van der Waals surface area contributed by atoms with Gasteiger partial charge in [0.15, 0.2) is 0 Å². The van der Waals surface area contributed by atoms with Crippen LogP contribution < -0.4 is 5.32 Å². The summed E-state index contributed by atoms with van der Waals surface area (Å²) >= 11 is 0. The second-order valence-electron chi connectivity index (χ2n) is 5.22. The van der Waals surface area contributed by atoms with Gasteiger partial charge < -0.3 is 14.8 Å². The van der Waals surface area contributed by atoms with E-state index in [0.29, 0.717) is 17.1 Å². The zero-order valence-corrected chi connectivity index (χ0v) is 11.7. The highest BCUT2D eigenvalue weighted by Gasteiger charge is 2.16. The second-order valence-corrected chi connectivity index (χ2v) is 5.22. The number of nitrogens with zero attached hydrogens (tertiary/aromatic N) is 2. The fraction of sp³-hybridized carbons (Fsp3) is 0.375. The van der Waals surface area contributed by atoms with Crippen LogP contribution in [0.5, 0.6) is 0 Å². The van der Waals surface area contributed by atoms with Gasteiger partial charge in [-0.05, 0) is 49.4 Å². The van der Waals surface area contributed by atoms with Crippen LogP contribution in [0.3, 0.4) is 0 Å². The van der Waals surface area contributed by atoms with E-state index in [2.05, 4.69) is 16.4 Å². The average Bonchev–Trinajstić information content (AvgIpc) is 3.06. The largest absolute Gasteiger partial charge is 0.467 e. The summed E-state index contributed by atoms with van der Waals surface area (Å²) in [6.07, 6.45) is 5.01. The number of nitriles is 1. The van der Waals surface area contributed by atoms with Crippen molar-refractivity contribution in [3.8, 4) is 6.07 Å². The SMILES string of the molecule is N#Cc1cc2c(nc1NC[C@@H](O)c1ccco1)CCCC2. The minimum Gasteiger partial charge on any atom is -0.467 e. The van der Waals surface area contributed by atoms with Crippen molar-refractivity contribution in [3.05, 3.63) is 47.0 Å². The highest BCUT2D eigenvalue weighted by Crippen LogP contribution is 2.25. The lowest BCUT2D eigenvalue weighted by Crippen LogP contribution is -2.15. The molecule has 108 valence electrons. The van der Waals surface area contributed by atoms with Gasteiger partial charge >= 0.3 is 0 Å². The van der Waals surface area contributed by atoms with Gasteiger partial charge in [0.25, 0.3) is 0 Å². The summed E-state index contributed by atoms with van der Waals surface area (Å²) in [7, 11) is 0. The molecule has 0 aromatic carbocycles. The van der Waals surface area contributed by atoms with Crippen LogP contribution in [0.1, 0.15) is 41.5 Å². The van der Waals surface area contributed by atoms with Crippen molar-refractivity contribution in [1.29, 1.82) is 5.26 Å². The number of hydrogen-bond donors (Lipinski definition) is 2. The molecule has 0 aliphatic heterocycles. The molecule has 0 fully saturated rings. The Balaban J connectivity index is 1.77. The molecule has 0 amide bonds. The van der Waals surface area contributed by atoms with E-state index in [4.69, 9.17) is 4.42 Å². The summed E-state index contributed by atoms with van der Waals surface area (Å²) in [5.41, 5.74) is 2.77. The number of pyridine rings is 1. The van der Waals surface area contributed by atoms with Gasteiger partial charge in [-0.25, -0.2) is 4.98 Å². The van der Waals surface area contributed by atoms with E-state index in [9.17, 15) is 10.4 Å². The monoisotopic (exact) mass is 283 g/mol. The van der Waals surface area contributed by atoms with Gasteiger partial charge in [-0.3, -0.25) is 0 Å². The molecule has 0 bridgehead atoms. The molecule has 0 spiro atoms. The van der Waals surface area contributed by atoms with Gasteiger partial charge in [0, 0.05) is 12.2 Å². The molecule has 5 heteroatoms. The van der Waals surface area contributed by atoms with Gasteiger partial charge in [0.2, 0.25) is 0 Å². The Bertz CT molecular complexity index is 659. The Labute approximate surface area is 123 Å². The first kappa shape index (κ1) is 13.7. The van der Waals surface area contributed by atoms with Gasteiger partial charge in [-0.15, -0.1) is 0 Å². The predicted octanol–water partition coefficient (Wildman–Crippen LogP) is 2.57. The molecule has 3 rings (SSSR count). The molecule has 21 heavy (non-hydrogen) atoms. The van der Waals surface area contributed by atoms with Crippen LogP contribution in [-0.2, 0) is 12.8 Å². The topological polar surface area (TPSA) is 82.1 Å². The lowest BCUT2D eigenvalue weighted by molar-refractivity contribution is 0.162. The molecule has 2 heterocycles. The van der Waals surface area contributed by atoms with E-state index < -0.39 is 6.10 Å².